The van der Waals surface area contributed by atoms with Crippen molar-refractivity contribution in [3.63, 3.8) is 0 Å². The van der Waals surface area contributed by atoms with Gasteiger partial charge < -0.3 is 10.4 Å². The van der Waals surface area contributed by atoms with Gasteiger partial charge in [0.25, 0.3) is 0 Å². The number of carbonyl (C=O) groups is 2. The van der Waals surface area contributed by atoms with E-state index >= 15 is 0 Å². The number of hydrogen-bond acceptors (Lipinski definition) is 3. The smallest absolute Gasteiger partial charge is 0.308 e. The number of carboxylic acid groups (broad SMARTS) is 1. The van der Waals surface area contributed by atoms with Crippen molar-refractivity contribution in [3.05, 3.63) is 30.1 Å². The normalized spacial score (nSPS) is 11.9. The van der Waals surface area contributed by atoms with Gasteiger partial charge in [0.05, 0.1) is 11.7 Å². The molecule has 1 unspecified atom stereocenters. The van der Waals surface area contributed by atoms with Crippen molar-refractivity contribution in [1.29, 1.82) is 0 Å². The molecule has 0 fully saturated rings. The van der Waals surface area contributed by atoms with E-state index < -0.39 is 11.9 Å². The zero-order valence-electron chi connectivity index (χ0n) is 11.3. The highest BCUT2D eigenvalue weighted by molar-refractivity contribution is 8.00. The van der Waals surface area contributed by atoms with Crippen LogP contribution < -0.4 is 5.32 Å². The molecule has 0 bridgehead atoms. The predicted octanol–water partition coefficient (Wildman–Crippen LogP) is 2.53. The summed E-state index contributed by atoms with van der Waals surface area (Å²) in [7, 11) is 0. The van der Waals surface area contributed by atoms with Gasteiger partial charge >= 0.3 is 5.97 Å². The maximum atomic E-state index is 12.7. The van der Waals surface area contributed by atoms with Crippen LogP contribution in [0.1, 0.15) is 19.8 Å². The summed E-state index contributed by atoms with van der Waals surface area (Å²) in [5.74, 6) is -1.79. The fourth-order valence-electron chi connectivity index (χ4n) is 1.63. The number of nitrogens with one attached hydrogen (secondary N) is 1. The Morgan fingerprint density at radius 1 is 1.35 bits per heavy atom. The van der Waals surface area contributed by atoms with Crippen LogP contribution in [0.5, 0.6) is 0 Å². The quantitative estimate of drug-likeness (QED) is 0.724. The van der Waals surface area contributed by atoms with Gasteiger partial charge in [0.2, 0.25) is 5.91 Å². The van der Waals surface area contributed by atoms with E-state index in [-0.39, 0.29) is 24.0 Å². The third-order valence-electron chi connectivity index (χ3n) is 2.72. The second-order valence-corrected chi connectivity index (χ2v) is 5.42. The monoisotopic (exact) mass is 299 g/mol. The van der Waals surface area contributed by atoms with Crippen LogP contribution in [-0.4, -0.2) is 29.3 Å². The average Bonchev–Trinajstić information content (AvgIpc) is 2.42. The number of carboxylic acids is 1. The summed E-state index contributed by atoms with van der Waals surface area (Å²) < 4.78 is 12.7. The van der Waals surface area contributed by atoms with E-state index in [4.69, 9.17) is 5.11 Å². The average molecular weight is 299 g/mol. The first-order valence-electron chi connectivity index (χ1n) is 6.40. The van der Waals surface area contributed by atoms with Crippen LogP contribution in [0.4, 0.5) is 4.39 Å². The Labute approximate surface area is 121 Å². The summed E-state index contributed by atoms with van der Waals surface area (Å²) in [5.41, 5.74) is 0. The fraction of sp³-hybridized carbons (Fsp3) is 0.429. The summed E-state index contributed by atoms with van der Waals surface area (Å²) in [6.07, 6.45) is 1.30. The zero-order valence-corrected chi connectivity index (χ0v) is 12.1. The van der Waals surface area contributed by atoms with Gasteiger partial charge in [-0.1, -0.05) is 13.3 Å². The lowest BCUT2D eigenvalue weighted by Gasteiger charge is -2.12. The van der Waals surface area contributed by atoms with E-state index in [9.17, 15) is 14.0 Å². The molecule has 6 heteroatoms. The predicted molar refractivity (Wildman–Crippen MR) is 76.2 cm³/mol. The Morgan fingerprint density at radius 2 is 2.00 bits per heavy atom. The van der Waals surface area contributed by atoms with Gasteiger partial charge in [0, 0.05) is 11.4 Å². The van der Waals surface area contributed by atoms with Gasteiger partial charge in [-0.3, -0.25) is 9.59 Å². The van der Waals surface area contributed by atoms with Crippen molar-refractivity contribution in [3.8, 4) is 0 Å². The van der Waals surface area contributed by atoms with Crippen LogP contribution in [0.3, 0.4) is 0 Å². The minimum Gasteiger partial charge on any atom is -0.481 e. The molecule has 1 aromatic carbocycles. The molecule has 1 amide bonds. The van der Waals surface area contributed by atoms with Gasteiger partial charge in [-0.2, -0.15) is 0 Å². The van der Waals surface area contributed by atoms with Crippen molar-refractivity contribution >= 4 is 23.6 Å². The van der Waals surface area contributed by atoms with Crippen LogP contribution in [0.15, 0.2) is 29.2 Å². The first-order valence-corrected chi connectivity index (χ1v) is 7.39. The molecule has 1 atom stereocenters. The molecule has 110 valence electrons. The second kappa shape index (κ2) is 8.58. The molecule has 0 aliphatic heterocycles. The van der Waals surface area contributed by atoms with Crippen molar-refractivity contribution in [1.82, 2.24) is 5.32 Å². The number of rotatable bonds is 8. The van der Waals surface area contributed by atoms with E-state index in [0.29, 0.717) is 6.42 Å². The van der Waals surface area contributed by atoms with Crippen molar-refractivity contribution in [2.24, 2.45) is 5.92 Å². The highest BCUT2D eigenvalue weighted by Crippen LogP contribution is 2.17. The van der Waals surface area contributed by atoms with Crippen molar-refractivity contribution in [2.75, 3.05) is 12.3 Å². The van der Waals surface area contributed by atoms with E-state index in [0.717, 1.165) is 11.3 Å². The van der Waals surface area contributed by atoms with Crippen molar-refractivity contribution < 1.29 is 19.1 Å². The Hall–Kier alpha value is -1.56. The highest BCUT2D eigenvalue weighted by atomic mass is 32.2. The molecule has 0 saturated carbocycles. The molecule has 0 aliphatic rings. The van der Waals surface area contributed by atoms with Crippen LogP contribution >= 0.6 is 11.8 Å². The Morgan fingerprint density at radius 3 is 2.55 bits per heavy atom. The number of aliphatic carboxylic acids is 1. The standard InChI is InChI=1S/C14H18FNO3S/c1-2-3-10(14(18)19)8-16-13(17)9-20-12-6-4-11(15)5-7-12/h4-7,10H,2-3,8-9H2,1H3,(H,16,17)(H,18,19). The number of carbonyl (C=O) groups excluding carboxylic acids is 1. The summed E-state index contributed by atoms with van der Waals surface area (Å²) in [6, 6.07) is 5.87. The summed E-state index contributed by atoms with van der Waals surface area (Å²) in [6.45, 7) is 2.05. The van der Waals surface area contributed by atoms with E-state index in [1.165, 1.54) is 23.9 Å². The topological polar surface area (TPSA) is 66.4 Å². The molecule has 20 heavy (non-hydrogen) atoms. The molecule has 0 aromatic heterocycles. The zero-order chi connectivity index (χ0) is 15.0. The summed E-state index contributed by atoms with van der Waals surface area (Å²) in [5, 5.41) is 11.6. The third kappa shape index (κ3) is 6.06. The molecule has 2 N–H and O–H groups in total. The number of hydrogen-bond donors (Lipinski definition) is 2. The van der Waals surface area contributed by atoms with E-state index in [2.05, 4.69) is 5.32 Å². The van der Waals surface area contributed by atoms with Crippen LogP contribution in [0, 0.1) is 11.7 Å². The van der Waals surface area contributed by atoms with Gasteiger partial charge in [-0.15, -0.1) is 11.8 Å². The first kappa shape index (κ1) is 16.5. The Bertz CT molecular complexity index is 450. The van der Waals surface area contributed by atoms with Gasteiger partial charge in [0.15, 0.2) is 0 Å². The molecular formula is C14H18FNO3S. The number of halogens is 1. The lowest BCUT2D eigenvalue weighted by atomic mass is 10.0. The first-order chi connectivity index (χ1) is 9.52. The minimum absolute atomic E-state index is 0.145. The molecule has 1 rings (SSSR count). The van der Waals surface area contributed by atoms with Gasteiger partial charge in [-0.05, 0) is 30.7 Å². The lowest BCUT2D eigenvalue weighted by Crippen LogP contribution is -2.33. The third-order valence-corrected chi connectivity index (χ3v) is 3.73. The second-order valence-electron chi connectivity index (χ2n) is 4.37. The van der Waals surface area contributed by atoms with Gasteiger partial charge in [-0.25, -0.2) is 4.39 Å². The molecule has 4 nitrogen and oxygen atoms in total. The van der Waals surface area contributed by atoms with Crippen LogP contribution in [-0.2, 0) is 9.59 Å². The van der Waals surface area contributed by atoms with E-state index in [1.54, 1.807) is 12.1 Å². The number of benzene rings is 1. The largest absolute Gasteiger partial charge is 0.481 e. The van der Waals surface area contributed by atoms with E-state index in [1.807, 2.05) is 6.92 Å². The van der Waals surface area contributed by atoms with Crippen molar-refractivity contribution in [2.45, 2.75) is 24.7 Å². The van der Waals surface area contributed by atoms with Gasteiger partial charge in [0.1, 0.15) is 5.82 Å². The summed E-state index contributed by atoms with van der Waals surface area (Å²) >= 11 is 1.28. The van der Waals surface area contributed by atoms with Crippen LogP contribution in [0.25, 0.3) is 0 Å². The molecular weight excluding hydrogens is 281 g/mol. The molecule has 1 aromatic rings. The van der Waals surface area contributed by atoms with Crippen LogP contribution in [0.2, 0.25) is 0 Å². The molecule has 0 saturated heterocycles. The molecule has 0 aliphatic carbocycles. The lowest BCUT2D eigenvalue weighted by molar-refractivity contribution is -0.141. The Balaban J connectivity index is 2.32. The maximum Gasteiger partial charge on any atom is 0.308 e. The summed E-state index contributed by atoms with van der Waals surface area (Å²) in [4.78, 5) is 23.3. The fourth-order valence-corrected chi connectivity index (χ4v) is 2.36. The Kier molecular flexibility index (Phi) is 7.08. The molecule has 0 radical (unpaired) electrons. The highest BCUT2D eigenvalue weighted by Gasteiger charge is 2.17. The number of amides is 1. The molecule has 0 spiro atoms. The number of thioether (sulfide) groups is 1. The SMILES string of the molecule is CCCC(CNC(=O)CSc1ccc(F)cc1)C(=O)O. The molecule has 0 heterocycles. The minimum atomic E-state index is -0.890. The maximum absolute atomic E-state index is 12.7.